The predicted molar refractivity (Wildman–Crippen MR) is 130 cm³/mol. The Morgan fingerprint density at radius 2 is 1.86 bits per heavy atom. The summed E-state index contributed by atoms with van der Waals surface area (Å²) in [5.41, 5.74) is 0.0944. The molecule has 1 fully saturated rings. The van der Waals surface area contributed by atoms with Gasteiger partial charge in [-0.3, -0.25) is 9.78 Å². The third kappa shape index (κ3) is 5.42. The maximum absolute atomic E-state index is 15.2. The highest BCUT2D eigenvalue weighted by Gasteiger charge is 2.22. The lowest BCUT2D eigenvalue weighted by Crippen LogP contribution is -2.35. The number of fused-ring (bicyclic) bond motifs is 1. The number of urea groups is 1. The molecule has 1 aliphatic rings. The van der Waals surface area contributed by atoms with Crippen molar-refractivity contribution < 1.29 is 27.5 Å². The second-order valence-electron chi connectivity index (χ2n) is 8.31. The summed E-state index contributed by atoms with van der Waals surface area (Å²) in [6.07, 6.45) is 1.39. The molecule has 0 spiro atoms. The normalized spacial score (nSPS) is 15.4. The standard InChI is InChI=1S/C26H20F3N5O3/c27-15-2-1-3-17(9-15)32-26(36)34-20-11-16(28)10-18(24(20)29)25(35)21-8-14-4-5-19(33-22(14)12-31-21)23-13-37-7-6-30-23/h1-5,8-12,23,30H,6-7,13H2,(H2,32,34,36). The Morgan fingerprint density at radius 3 is 2.65 bits per heavy atom. The van der Waals surface area contributed by atoms with Gasteiger partial charge in [0.25, 0.3) is 0 Å². The summed E-state index contributed by atoms with van der Waals surface area (Å²) in [6.45, 7) is 1.82. The number of morpholine rings is 1. The van der Waals surface area contributed by atoms with Crippen LogP contribution in [0.1, 0.15) is 27.8 Å². The van der Waals surface area contributed by atoms with E-state index in [1.807, 2.05) is 0 Å². The van der Waals surface area contributed by atoms with Crippen LogP contribution in [0.5, 0.6) is 0 Å². The zero-order chi connectivity index (χ0) is 25.9. The minimum atomic E-state index is -1.14. The fourth-order valence-corrected chi connectivity index (χ4v) is 3.95. The molecule has 0 saturated carbocycles. The van der Waals surface area contributed by atoms with Crippen LogP contribution in [0.4, 0.5) is 29.3 Å². The summed E-state index contributed by atoms with van der Waals surface area (Å²) in [5, 5.41) is 8.35. The first-order valence-corrected chi connectivity index (χ1v) is 11.3. The van der Waals surface area contributed by atoms with E-state index in [4.69, 9.17) is 4.74 Å². The van der Waals surface area contributed by atoms with E-state index in [0.717, 1.165) is 23.9 Å². The van der Waals surface area contributed by atoms with Crippen molar-refractivity contribution in [2.24, 2.45) is 0 Å². The van der Waals surface area contributed by atoms with Crippen molar-refractivity contribution in [2.45, 2.75) is 6.04 Å². The number of nitrogens with zero attached hydrogens (tertiary/aromatic N) is 2. The Hall–Kier alpha value is -4.35. The van der Waals surface area contributed by atoms with Crippen molar-refractivity contribution in [3.8, 4) is 0 Å². The molecule has 1 unspecified atom stereocenters. The van der Waals surface area contributed by atoms with Gasteiger partial charge in [0.2, 0.25) is 5.78 Å². The summed E-state index contributed by atoms with van der Waals surface area (Å²) in [4.78, 5) is 34.0. The second-order valence-corrected chi connectivity index (χ2v) is 8.31. The molecule has 37 heavy (non-hydrogen) atoms. The van der Waals surface area contributed by atoms with Gasteiger partial charge in [-0.15, -0.1) is 0 Å². The van der Waals surface area contributed by atoms with Gasteiger partial charge >= 0.3 is 6.03 Å². The van der Waals surface area contributed by atoms with E-state index in [1.54, 1.807) is 12.1 Å². The maximum atomic E-state index is 15.2. The number of amides is 2. The molecule has 1 aliphatic heterocycles. The van der Waals surface area contributed by atoms with Crippen LogP contribution >= 0.6 is 0 Å². The van der Waals surface area contributed by atoms with Gasteiger partial charge in [0.15, 0.2) is 5.82 Å². The highest BCUT2D eigenvalue weighted by Crippen LogP contribution is 2.25. The van der Waals surface area contributed by atoms with E-state index >= 15 is 4.39 Å². The minimum absolute atomic E-state index is 0.0649. The van der Waals surface area contributed by atoms with Crippen LogP contribution in [-0.4, -0.2) is 41.5 Å². The molecule has 3 N–H and O–H groups in total. The summed E-state index contributed by atoms with van der Waals surface area (Å²) in [6, 6.07) is 10.5. The van der Waals surface area contributed by atoms with Crippen molar-refractivity contribution >= 4 is 34.1 Å². The lowest BCUT2D eigenvalue weighted by molar-refractivity contribution is 0.0757. The number of benzene rings is 2. The first kappa shape index (κ1) is 24.3. The van der Waals surface area contributed by atoms with Crippen molar-refractivity contribution in [1.82, 2.24) is 15.3 Å². The molecular formula is C26H20F3N5O3. The zero-order valence-corrected chi connectivity index (χ0v) is 19.2. The maximum Gasteiger partial charge on any atom is 0.323 e. The number of anilines is 2. The largest absolute Gasteiger partial charge is 0.378 e. The van der Waals surface area contributed by atoms with Gasteiger partial charge in [-0.25, -0.2) is 22.9 Å². The fourth-order valence-electron chi connectivity index (χ4n) is 3.95. The monoisotopic (exact) mass is 507 g/mol. The van der Waals surface area contributed by atoms with E-state index < -0.39 is 40.5 Å². The van der Waals surface area contributed by atoms with Gasteiger partial charge in [-0.05, 0) is 36.4 Å². The fraction of sp³-hybridized carbons (Fsp3) is 0.154. The lowest BCUT2D eigenvalue weighted by atomic mass is 10.0. The Balaban J connectivity index is 1.38. The number of pyridine rings is 2. The van der Waals surface area contributed by atoms with Gasteiger partial charge in [-0.1, -0.05) is 12.1 Å². The summed E-state index contributed by atoms with van der Waals surface area (Å²) in [5.74, 6) is -3.55. The second kappa shape index (κ2) is 10.3. The quantitative estimate of drug-likeness (QED) is 0.342. The first-order chi connectivity index (χ1) is 17.9. The van der Waals surface area contributed by atoms with Crippen molar-refractivity contribution in [2.75, 3.05) is 30.4 Å². The van der Waals surface area contributed by atoms with Crippen LogP contribution in [0.2, 0.25) is 0 Å². The Morgan fingerprint density at radius 1 is 1.00 bits per heavy atom. The van der Waals surface area contributed by atoms with Crippen LogP contribution in [0.3, 0.4) is 0 Å². The van der Waals surface area contributed by atoms with E-state index in [0.29, 0.717) is 30.7 Å². The molecule has 1 atom stereocenters. The van der Waals surface area contributed by atoms with E-state index in [2.05, 4.69) is 25.9 Å². The third-order valence-corrected chi connectivity index (χ3v) is 5.72. The number of aromatic nitrogens is 2. The van der Waals surface area contributed by atoms with Crippen LogP contribution in [0, 0.1) is 17.5 Å². The molecule has 2 aromatic carbocycles. The number of ether oxygens (including phenoxy) is 1. The van der Waals surface area contributed by atoms with Gasteiger partial charge in [0.1, 0.15) is 17.3 Å². The van der Waals surface area contributed by atoms with Gasteiger partial charge in [0, 0.05) is 23.7 Å². The zero-order valence-electron chi connectivity index (χ0n) is 19.2. The molecule has 2 aromatic heterocycles. The third-order valence-electron chi connectivity index (χ3n) is 5.72. The molecule has 11 heteroatoms. The van der Waals surface area contributed by atoms with Crippen molar-refractivity contribution in [3.63, 3.8) is 0 Å². The molecule has 1 saturated heterocycles. The first-order valence-electron chi connectivity index (χ1n) is 11.3. The summed E-state index contributed by atoms with van der Waals surface area (Å²) in [7, 11) is 0. The Bertz CT molecular complexity index is 1510. The number of ketones is 1. The molecule has 5 rings (SSSR count). The van der Waals surface area contributed by atoms with Crippen molar-refractivity contribution in [3.05, 3.63) is 95.2 Å². The van der Waals surface area contributed by atoms with Crippen LogP contribution in [0.15, 0.2) is 60.8 Å². The summed E-state index contributed by atoms with van der Waals surface area (Å²) < 4.78 is 48.3. The molecule has 8 nitrogen and oxygen atoms in total. The van der Waals surface area contributed by atoms with Crippen LogP contribution < -0.4 is 16.0 Å². The molecule has 0 aliphatic carbocycles. The average molecular weight is 507 g/mol. The average Bonchev–Trinajstić information content (AvgIpc) is 2.90. The highest BCUT2D eigenvalue weighted by molar-refractivity contribution is 6.10. The number of hydrogen-bond acceptors (Lipinski definition) is 6. The van der Waals surface area contributed by atoms with Crippen LogP contribution in [0.25, 0.3) is 10.9 Å². The predicted octanol–water partition coefficient (Wildman–Crippen LogP) is 4.58. The van der Waals surface area contributed by atoms with E-state index in [1.165, 1.54) is 30.5 Å². The van der Waals surface area contributed by atoms with Crippen molar-refractivity contribution in [1.29, 1.82) is 0 Å². The van der Waals surface area contributed by atoms with Gasteiger partial charge in [-0.2, -0.15) is 0 Å². The number of hydrogen-bond donors (Lipinski definition) is 3. The van der Waals surface area contributed by atoms with E-state index in [9.17, 15) is 18.4 Å². The van der Waals surface area contributed by atoms with Gasteiger partial charge < -0.3 is 20.7 Å². The smallest absolute Gasteiger partial charge is 0.323 e. The SMILES string of the molecule is O=C(Nc1cccc(F)c1)Nc1cc(F)cc(C(=O)c2cc3ccc(C4COCCN4)nc3cn2)c1F. The molecule has 3 heterocycles. The molecule has 0 bridgehead atoms. The number of nitrogens with one attached hydrogen (secondary N) is 3. The Labute approximate surface area is 208 Å². The number of rotatable bonds is 5. The molecule has 188 valence electrons. The topological polar surface area (TPSA) is 105 Å². The number of halogens is 3. The van der Waals surface area contributed by atoms with Gasteiger partial charge in [0.05, 0.1) is 47.9 Å². The highest BCUT2D eigenvalue weighted by atomic mass is 19.1. The molecule has 0 radical (unpaired) electrons. The van der Waals surface area contributed by atoms with Crippen LogP contribution in [-0.2, 0) is 4.74 Å². The van der Waals surface area contributed by atoms with E-state index in [-0.39, 0.29) is 17.4 Å². The molecule has 2 amide bonds. The minimum Gasteiger partial charge on any atom is -0.378 e. The Kier molecular flexibility index (Phi) is 6.80. The lowest BCUT2D eigenvalue weighted by Gasteiger charge is -2.23. The molecular weight excluding hydrogens is 487 g/mol. The number of carbonyl (C=O) groups excluding carboxylic acids is 2. The number of carbonyl (C=O) groups is 2. The molecule has 4 aromatic rings. The summed E-state index contributed by atoms with van der Waals surface area (Å²) >= 11 is 0.